The Kier molecular flexibility index (Phi) is 4.99. The van der Waals surface area contributed by atoms with E-state index in [0.717, 1.165) is 72.9 Å². The number of carbonyl (C=O) groups excluding carboxylic acids is 2. The molecule has 0 unspecified atom stereocenters. The topological polar surface area (TPSA) is 69.3 Å². The maximum absolute atomic E-state index is 12.6. The van der Waals surface area contributed by atoms with E-state index in [9.17, 15) is 9.59 Å². The Hall–Kier alpha value is -3.15. The van der Waals surface area contributed by atoms with Gasteiger partial charge >= 0.3 is 0 Å². The lowest BCUT2D eigenvalue weighted by molar-refractivity contribution is -0.131. The van der Waals surface area contributed by atoms with E-state index in [2.05, 4.69) is 22.1 Å². The molecule has 5 rings (SSSR count). The summed E-state index contributed by atoms with van der Waals surface area (Å²) >= 11 is 0. The van der Waals surface area contributed by atoms with Gasteiger partial charge in [0.05, 0.1) is 6.42 Å². The van der Waals surface area contributed by atoms with E-state index >= 15 is 0 Å². The van der Waals surface area contributed by atoms with Crippen molar-refractivity contribution in [3.05, 3.63) is 48.2 Å². The van der Waals surface area contributed by atoms with Crippen molar-refractivity contribution in [2.45, 2.75) is 44.6 Å². The summed E-state index contributed by atoms with van der Waals surface area (Å²) in [7, 11) is 0. The molecule has 1 saturated carbocycles. The number of benzene rings is 1. The molecule has 3 heterocycles. The molecule has 2 aliphatic rings. The van der Waals surface area contributed by atoms with Crippen molar-refractivity contribution in [2.75, 3.05) is 18.0 Å². The molecule has 6 heteroatoms. The number of H-pyrrole nitrogens is 1. The second kappa shape index (κ2) is 7.94. The van der Waals surface area contributed by atoms with Gasteiger partial charge in [0.25, 0.3) is 0 Å². The van der Waals surface area contributed by atoms with Gasteiger partial charge in [0.2, 0.25) is 12.3 Å². The summed E-state index contributed by atoms with van der Waals surface area (Å²) in [5.41, 5.74) is 3.90. The van der Waals surface area contributed by atoms with Crippen molar-refractivity contribution in [2.24, 2.45) is 0 Å². The van der Waals surface area contributed by atoms with E-state index in [-0.39, 0.29) is 11.9 Å². The SMILES string of the molecule is O=CN(c1cc(-c2ccc(CC(=O)N3CCCCC3)cc2)c2cc[nH]c2n1)C1CC1. The number of nitrogens with one attached hydrogen (secondary N) is 1. The highest BCUT2D eigenvalue weighted by Gasteiger charge is 2.30. The first kappa shape index (κ1) is 18.9. The number of pyridine rings is 1. The maximum atomic E-state index is 12.6. The fraction of sp³-hybridized carbons (Fsp3) is 0.375. The Bertz CT molecular complexity index is 1060. The van der Waals surface area contributed by atoms with Crippen LogP contribution in [-0.4, -0.2) is 46.3 Å². The van der Waals surface area contributed by atoms with Gasteiger partial charge in [0.15, 0.2) is 0 Å². The first-order valence-electron chi connectivity index (χ1n) is 10.8. The lowest BCUT2D eigenvalue weighted by Gasteiger charge is -2.26. The quantitative estimate of drug-likeness (QED) is 0.636. The van der Waals surface area contributed by atoms with Crippen LogP contribution in [0.2, 0.25) is 0 Å². The third-order valence-electron chi connectivity index (χ3n) is 6.16. The number of aromatic amines is 1. The number of nitrogens with zero attached hydrogens (tertiary/aromatic N) is 3. The monoisotopic (exact) mass is 402 g/mol. The van der Waals surface area contributed by atoms with E-state index in [1.165, 1.54) is 6.42 Å². The number of likely N-dealkylation sites (tertiary alicyclic amines) is 1. The number of piperidine rings is 1. The van der Waals surface area contributed by atoms with Crippen molar-refractivity contribution in [3.8, 4) is 11.1 Å². The third kappa shape index (κ3) is 3.70. The number of fused-ring (bicyclic) bond motifs is 1. The van der Waals surface area contributed by atoms with E-state index in [1.807, 2.05) is 35.4 Å². The second-order valence-electron chi connectivity index (χ2n) is 8.33. The Labute approximate surface area is 175 Å². The van der Waals surface area contributed by atoms with Crippen LogP contribution in [0.25, 0.3) is 22.2 Å². The van der Waals surface area contributed by atoms with Crippen molar-refractivity contribution >= 4 is 29.2 Å². The predicted octanol–water partition coefficient (Wildman–Crippen LogP) is 3.91. The van der Waals surface area contributed by atoms with E-state index < -0.39 is 0 Å². The Balaban J connectivity index is 1.41. The highest BCUT2D eigenvalue weighted by Crippen LogP contribution is 2.35. The standard InChI is InChI=1S/C24H26N4O2/c29-16-28(19-8-9-19)22-15-21(20-10-11-25-24(20)26-22)18-6-4-17(5-7-18)14-23(30)27-12-2-1-3-13-27/h4-7,10-11,15-16,19H,1-3,8-9,12-14H2,(H,25,26). The van der Waals surface area contributed by atoms with Crippen LogP contribution in [0.4, 0.5) is 5.82 Å². The van der Waals surface area contributed by atoms with Gasteiger partial charge in [-0.1, -0.05) is 24.3 Å². The van der Waals surface area contributed by atoms with Gasteiger partial charge in [0, 0.05) is 30.7 Å². The van der Waals surface area contributed by atoms with Gasteiger partial charge in [-0.15, -0.1) is 0 Å². The molecular weight excluding hydrogens is 376 g/mol. The van der Waals surface area contributed by atoms with Gasteiger partial charge in [-0.2, -0.15) is 0 Å². The molecule has 1 saturated heterocycles. The maximum Gasteiger partial charge on any atom is 0.226 e. The molecule has 0 radical (unpaired) electrons. The van der Waals surface area contributed by atoms with E-state index in [0.29, 0.717) is 12.2 Å². The molecule has 0 atom stereocenters. The fourth-order valence-electron chi connectivity index (χ4n) is 4.31. The number of anilines is 1. The summed E-state index contributed by atoms with van der Waals surface area (Å²) < 4.78 is 0. The van der Waals surface area contributed by atoms with Crippen LogP contribution in [0.1, 0.15) is 37.7 Å². The van der Waals surface area contributed by atoms with Crippen LogP contribution in [0.3, 0.4) is 0 Å². The summed E-state index contributed by atoms with van der Waals surface area (Å²) in [5.74, 6) is 0.898. The molecule has 0 bridgehead atoms. The summed E-state index contributed by atoms with van der Waals surface area (Å²) in [6.45, 7) is 1.77. The molecule has 1 aliphatic heterocycles. The minimum Gasteiger partial charge on any atom is -0.346 e. The fourth-order valence-corrected chi connectivity index (χ4v) is 4.31. The zero-order valence-electron chi connectivity index (χ0n) is 17.0. The molecule has 1 N–H and O–H groups in total. The van der Waals surface area contributed by atoms with E-state index in [4.69, 9.17) is 0 Å². The van der Waals surface area contributed by atoms with Gasteiger partial charge in [-0.25, -0.2) is 4.98 Å². The molecular formula is C24H26N4O2. The minimum absolute atomic E-state index is 0.215. The average molecular weight is 402 g/mol. The number of hydrogen-bond donors (Lipinski definition) is 1. The van der Waals surface area contributed by atoms with Crippen molar-refractivity contribution in [3.63, 3.8) is 0 Å². The summed E-state index contributed by atoms with van der Waals surface area (Å²) in [5, 5.41) is 1.03. The van der Waals surface area contributed by atoms with Gasteiger partial charge in [-0.3, -0.25) is 14.5 Å². The molecule has 6 nitrogen and oxygen atoms in total. The zero-order chi connectivity index (χ0) is 20.5. The number of amides is 2. The predicted molar refractivity (Wildman–Crippen MR) is 117 cm³/mol. The molecule has 2 aromatic heterocycles. The Morgan fingerprint density at radius 3 is 2.60 bits per heavy atom. The lowest BCUT2D eigenvalue weighted by Crippen LogP contribution is -2.36. The van der Waals surface area contributed by atoms with Crippen molar-refractivity contribution < 1.29 is 9.59 Å². The summed E-state index contributed by atoms with van der Waals surface area (Å²) in [6.07, 6.45) is 8.70. The number of rotatable bonds is 6. The first-order valence-corrected chi connectivity index (χ1v) is 10.8. The molecule has 2 amide bonds. The van der Waals surface area contributed by atoms with Gasteiger partial charge in [-0.05, 0) is 60.9 Å². The van der Waals surface area contributed by atoms with Crippen molar-refractivity contribution in [1.29, 1.82) is 0 Å². The minimum atomic E-state index is 0.215. The van der Waals surface area contributed by atoms with Gasteiger partial charge in [0.1, 0.15) is 11.5 Å². The molecule has 3 aromatic rings. The number of hydrogen-bond acceptors (Lipinski definition) is 3. The number of aromatic nitrogens is 2. The highest BCUT2D eigenvalue weighted by atomic mass is 16.2. The smallest absolute Gasteiger partial charge is 0.226 e. The highest BCUT2D eigenvalue weighted by molar-refractivity contribution is 5.96. The Morgan fingerprint density at radius 2 is 1.90 bits per heavy atom. The molecule has 154 valence electrons. The van der Waals surface area contributed by atoms with Crippen LogP contribution in [0, 0.1) is 0 Å². The second-order valence-corrected chi connectivity index (χ2v) is 8.33. The largest absolute Gasteiger partial charge is 0.346 e. The first-order chi connectivity index (χ1) is 14.7. The Morgan fingerprint density at radius 1 is 1.13 bits per heavy atom. The number of carbonyl (C=O) groups is 2. The molecule has 0 spiro atoms. The summed E-state index contributed by atoms with van der Waals surface area (Å²) in [6, 6.07) is 12.5. The normalized spacial score (nSPS) is 16.6. The van der Waals surface area contributed by atoms with E-state index in [1.54, 1.807) is 4.90 Å². The average Bonchev–Trinajstić information content (AvgIpc) is 3.50. The molecule has 30 heavy (non-hydrogen) atoms. The molecule has 1 aromatic carbocycles. The zero-order valence-corrected chi connectivity index (χ0v) is 17.0. The van der Waals surface area contributed by atoms with Crippen LogP contribution in [-0.2, 0) is 16.0 Å². The van der Waals surface area contributed by atoms with Crippen LogP contribution in [0.15, 0.2) is 42.6 Å². The third-order valence-corrected chi connectivity index (χ3v) is 6.16. The molecule has 2 fully saturated rings. The van der Waals surface area contributed by atoms with Gasteiger partial charge < -0.3 is 9.88 Å². The molecule has 1 aliphatic carbocycles. The van der Waals surface area contributed by atoms with Crippen LogP contribution < -0.4 is 4.90 Å². The van der Waals surface area contributed by atoms with Crippen molar-refractivity contribution in [1.82, 2.24) is 14.9 Å². The lowest BCUT2D eigenvalue weighted by atomic mass is 10.0. The van der Waals surface area contributed by atoms with Crippen LogP contribution in [0.5, 0.6) is 0 Å². The summed E-state index contributed by atoms with van der Waals surface area (Å²) in [4.78, 5) is 35.7. The van der Waals surface area contributed by atoms with Crippen LogP contribution >= 0.6 is 0 Å².